The summed E-state index contributed by atoms with van der Waals surface area (Å²) in [7, 11) is -4.83. The van der Waals surface area contributed by atoms with E-state index in [1.165, 1.54) is 0 Å². The van der Waals surface area contributed by atoms with Crippen LogP contribution in [0.25, 0.3) is 10.8 Å². The van der Waals surface area contributed by atoms with E-state index in [0.717, 1.165) is 27.6 Å². The maximum Gasteiger partial charge on any atom is 0.469 e. The van der Waals surface area contributed by atoms with E-state index in [1.54, 1.807) is 12.1 Å². The van der Waals surface area contributed by atoms with Crippen LogP contribution in [0, 0.1) is 0 Å². The Bertz CT molecular complexity index is 1250. The number of nitrogens with zero attached hydrogens (tertiary/aromatic N) is 1. The maximum absolute atomic E-state index is 12.2. The minimum absolute atomic E-state index is 0.404. The third-order valence-electron chi connectivity index (χ3n) is 4.85. The molecule has 1 aliphatic rings. The molecule has 4 rings (SSSR count). The van der Waals surface area contributed by atoms with Gasteiger partial charge in [0.15, 0.2) is 12.3 Å². The summed E-state index contributed by atoms with van der Waals surface area (Å²) in [5.74, 6) is 0.404. The fraction of sp³-hybridized carbons (Fsp3) is 0.263. The summed E-state index contributed by atoms with van der Waals surface area (Å²) in [5, 5.41) is 12.5. The summed E-state index contributed by atoms with van der Waals surface area (Å²) >= 11 is 0. The third kappa shape index (κ3) is 4.62. The molecule has 1 aromatic heterocycles. The molecule has 4 atom stereocenters. The Balaban J connectivity index is 1.68. The highest BCUT2D eigenvalue weighted by Crippen LogP contribution is 2.39. The van der Waals surface area contributed by atoms with Crippen molar-refractivity contribution < 1.29 is 33.5 Å². The van der Waals surface area contributed by atoms with Crippen LogP contribution in [0.1, 0.15) is 6.23 Å². The summed E-state index contributed by atoms with van der Waals surface area (Å²) in [6.07, 6.45) is -3.83. The van der Waals surface area contributed by atoms with Gasteiger partial charge in [0.25, 0.3) is 5.56 Å². The van der Waals surface area contributed by atoms with Gasteiger partial charge >= 0.3 is 13.5 Å². The number of aliphatic hydroxyl groups is 1. The van der Waals surface area contributed by atoms with Gasteiger partial charge < -0.3 is 24.4 Å². The van der Waals surface area contributed by atoms with Crippen molar-refractivity contribution in [2.75, 3.05) is 6.61 Å². The third-order valence-corrected chi connectivity index (χ3v) is 5.34. The molecule has 31 heavy (non-hydrogen) atoms. The molecule has 0 radical (unpaired) electrons. The largest absolute Gasteiger partial charge is 0.484 e. The molecule has 164 valence electrons. The average molecular weight is 450 g/mol. The van der Waals surface area contributed by atoms with Crippen molar-refractivity contribution in [3.63, 3.8) is 0 Å². The molecule has 0 amide bonds. The van der Waals surface area contributed by atoms with Crippen LogP contribution in [0.15, 0.2) is 64.3 Å². The molecule has 1 fully saturated rings. The molecule has 0 spiro atoms. The molecule has 1 aliphatic heterocycles. The highest BCUT2D eigenvalue weighted by Gasteiger charge is 2.47. The first-order valence-electron chi connectivity index (χ1n) is 9.22. The van der Waals surface area contributed by atoms with Gasteiger partial charge in [-0.15, -0.1) is 0 Å². The molecular weight excluding hydrogens is 431 g/mol. The number of rotatable bonds is 6. The summed E-state index contributed by atoms with van der Waals surface area (Å²) in [4.78, 5) is 43.7. The van der Waals surface area contributed by atoms with Crippen molar-refractivity contribution in [3.05, 3.63) is 75.6 Å². The van der Waals surface area contributed by atoms with Crippen molar-refractivity contribution in [2.24, 2.45) is 0 Å². The normalized spacial score (nSPS) is 23.8. The van der Waals surface area contributed by atoms with E-state index in [4.69, 9.17) is 19.3 Å². The zero-order valence-electron chi connectivity index (χ0n) is 15.9. The van der Waals surface area contributed by atoms with Crippen LogP contribution < -0.4 is 16.0 Å². The lowest BCUT2D eigenvalue weighted by atomic mass is 10.1. The standard InChI is InChI=1S/C19H19N2O9P/c22-15-8-9-21(19(24)20-15)18-16(23)17(14(30-18)10-28-31(25,26)27)29-13-7-3-5-11-4-1-2-6-12(11)13/h1-9,14,16-18,23H,10H2,(H,20,22,24)(H2,25,26,27)/t14-,16?,17?,18-/m0/s1. The fourth-order valence-corrected chi connectivity index (χ4v) is 3.81. The van der Waals surface area contributed by atoms with Crippen molar-refractivity contribution in [3.8, 4) is 5.75 Å². The molecule has 4 N–H and O–H groups in total. The van der Waals surface area contributed by atoms with Gasteiger partial charge in [-0.3, -0.25) is 18.9 Å². The van der Waals surface area contributed by atoms with Gasteiger partial charge in [0.2, 0.25) is 0 Å². The molecule has 2 unspecified atom stereocenters. The van der Waals surface area contributed by atoms with Gasteiger partial charge in [-0.1, -0.05) is 36.4 Å². The first-order chi connectivity index (χ1) is 14.7. The molecule has 2 aromatic carbocycles. The van der Waals surface area contributed by atoms with E-state index in [2.05, 4.69) is 9.51 Å². The van der Waals surface area contributed by atoms with Crippen LogP contribution in [0.2, 0.25) is 0 Å². The predicted molar refractivity (Wildman–Crippen MR) is 108 cm³/mol. The number of hydrogen-bond donors (Lipinski definition) is 4. The SMILES string of the molecule is O=c1ccn([C@H]2O[C@@H](COP(=O)(O)O)C(Oc3cccc4ccccc34)C2O)c(=O)[nH]1. The Morgan fingerprint density at radius 3 is 2.58 bits per heavy atom. The van der Waals surface area contributed by atoms with Crippen LogP contribution in [0.4, 0.5) is 0 Å². The van der Waals surface area contributed by atoms with E-state index in [9.17, 15) is 19.3 Å². The minimum atomic E-state index is -4.83. The summed E-state index contributed by atoms with van der Waals surface area (Å²) in [6.45, 7) is -0.606. The second kappa shape index (κ2) is 8.39. The Hall–Kier alpha value is -2.79. The number of phosphoric acid groups is 1. The summed E-state index contributed by atoms with van der Waals surface area (Å²) in [5.41, 5.74) is -1.45. The van der Waals surface area contributed by atoms with Gasteiger partial charge in [0, 0.05) is 17.6 Å². The van der Waals surface area contributed by atoms with Crippen LogP contribution in [-0.4, -0.2) is 49.4 Å². The molecule has 0 bridgehead atoms. The van der Waals surface area contributed by atoms with Gasteiger partial charge in [-0.05, 0) is 11.5 Å². The second-order valence-corrected chi connectivity index (χ2v) is 8.16. The maximum atomic E-state index is 12.2. The van der Waals surface area contributed by atoms with Gasteiger partial charge in [-0.25, -0.2) is 9.36 Å². The Kier molecular flexibility index (Phi) is 5.80. The molecule has 0 aliphatic carbocycles. The molecule has 2 heterocycles. The van der Waals surface area contributed by atoms with Crippen molar-refractivity contribution >= 4 is 18.6 Å². The number of aromatic amines is 1. The van der Waals surface area contributed by atoms with E-state index in [0.29, 0.717) is 5.75 Å². The van der Waals surface area contributed by atoms with E-state index in [-0.39, 0.29) is 0 Å². The number of aromatic nitrogens is 2. The number of H-pyrrole nitrogens is 1. The van der Waals surface area contributed by atoms with Crippen molar-refractivity contribution in [1.82, 2.24) is 9.55 Å². The first-order valence-corrected chi connectivity index (χ1v) is 10.8. The van der Waals surface area contributed by atoms with Gasteiger partial charge in [-0.2, -0.15) is 0 Å². The Morgan fingerprint density at radius 2 is 1.84 bits per heavy atom. The van der Waals surface area contributed by atoms with Gasteiger partial charge in [0.05, 0.1) is 6.61 Å². The number of aliphatic hydroxyl groups excluding tert-OH is 1. The molecule has 1 saturated heterocycles. The monoisotopic (exact) mass is 450 g/mol. The second-order valence-electron chi connectivity index (χ2n) is 6.92. The summed E-state index contributed by atoms with van der Waals surface area (Å²) < 4.78 is 28.4. The highest BCUT2D eigenvalue weighted by molar-refractivity contribution is 7.46. The lowest BCUT2D eigenvalue weighted by Gasteiger charge is -2.23. The number of benzene rings is 2. The lowest BCUT2D eigenvalue weighted by molar-refractivity contribution is -0.0537. The Labute approximate surface area is 174 Å². The molecule has 12 heteroatoms. The van der Waals surface area contributed by atoms with Crippen LogP contribution >= 0.6 is 7.82 Å². The number of nitrogens with one attached hydrogen (secondary N) is 1. The number of phosphoric ester groups is 1. The smallest absolute Gasteiger partial charge is 0.469 e. The topological polar surface area (TPSA) is 160 Å². The number of ether oxygens (including phenoxy) is 2. The number of hydrogen-bond acceptors (Lipinski definition) is 7. The average Bonchev–Trinajstić information content (AvgIpc) is 3.02. The van der Waals surface area contributed by atoms with Crippen LogP contribution in [0.3, 0.4) is 0 Å². The van der Waals surface area contributed by atoms with Crippen molar-refractivity contribution in [1.29, 1.82) is 0 Å². The zero-order chi connectivity index (χ0) is 22.2. The fourth-order valence-electron chi connectivity index (χ4n) is 3.47. The predicted octanol–water partition coefficient (Wildman–Crippen LogP) is 0.505. The van der Waals surface area contributed by atoms with E-state index >= 15 is 0 Å². The van der Waals surface area contributed by atoms with Crippen LogP contribution in [-0.2, 0) is 13.8 Å². The molecule has 0 saturated carbocycles. The van der Waals surface area contributed by atoms with Gasteiger partial charge in [0.1, 0.15) is 18.0 Å². The van der Waals surface area contributed by atoms with Crippen molar-refractivity contribution in [2.45, 2.75) is 24.5 Å². The number of fused-ring (bicyclic) bond motifs is 1. The molecular formula is C19H19N2O9P. The summed E-state index contributed by atoms with van der Waals surface area (Å²) in [6, 6.07) is 13.8. The minimum Gasteiger partial charge on any atom is -0.484 e. The molecule has 11 nitrogen and oxygen atoms in total. The van der Waals surface area contributed by atoms with Crippen LogP contribution in [0.5, 0.6) is 5.75 Å². The molecule has 3 aromatic rings. The lowest BCUT2D eigenvalue weighted by Crippen LogP contribution is -2.40. The first kappa shape index (κ1) is 21.4. The quantitative estimate of drug-likeness (QED) is 0.392. The zero-order valence-corrected chi connectivity index (χ0v) is 16.8. The highest BCUT2D eigenvalue weighted by atomic mass is 31.2. The van der Waals surface area contributed by atoms with E-state index in [1.807, 2.05) is 30.3 Å². The van der Waals surface area contributed by atoms with E-state index < -0.39 is 50.2 Å². The Morgan fingerprint density at radius 1 is 1.10 bits per heavy atom.